The minimum absolute atomic E-state index is 0.117. The fourth-order valence-corrected chi connectivity index (χ4v) is 0.828. The topological polar surface area (TPSA) is 79.2 Å². The molecular weight excluding hydrogens is 188 g/mol. The maximum Gasteiger partial charge on any atom is 0.110 e. The largest absolute Gasteiger partial charge is 0.394 e. The van der Waals surface area contributed by atoms with Crippen molar-refractivity contribution < 1.29 is 24.8 Å². The Hall–Kier alpha value is -0.200. The van der Waals surface area contributed by atoms with Crippen LogP contribution < -0.4 is 0 Å². The van der Waals surface area contributed by atoms with Gasteiger partial charge in [-0.1, -0.05) is 13.8 Å². The summed E-state index contributed by atoms with van der Waals surface area (Å²) in [6, 6.07) is 0. The lowest BCUT2D eigenvalue weighted by Crippen LogP contribution is -2.31. The number of hydrogen-bond acceptors (Lipinski definition) is 5. The van der Waals surface area contributed by atoms with Crippen LogP contribution >= 0.6 is 0 Å². The van der Waals surface area contributed by atoms with Gasteiger partial charge in [-0.05, 0) is 0 Å². The predicted molar refractivity (Wildman–Crippen MR) is 53.1 cm³/mol. The third kappa shape index (κ3) is 6.28. The Morgan fingerprint density at radius 2 is 1.71 bits per heavy atom. The van der Waals surface area contributed by atoms with Gasteiger partial charge in [0.05, 0.1) is 13.2 Å². The zero-order valence-corrected chi connectivity index (χ0v) is 9.30. The normalized spacial score (nSPS) is 29.8. The summed E-state index contributed by atoms with van der Waals surface area (Å²) in [6.45, 7) is 3.88. The average molecular weight is 210 g/mol. The van der Waals surface area contributed by atoms with Crippen molar-refractivity contribution in [2.24, 2.45) is 0 Å². The molecule has 5 heteroatoms. The zero-order chi connectivity index (χ0) is 11.6. The number of methoxy groups -OCH3 is 1. The van der Waals surface area contributed by atoms with E-state index in [9.17, 15) is 0 Å². The maximum absolute atomic E-state index is 8.92. The molecule has 1 aliphatic rings. The third-order valence-electron chi connectivity index (χ3n) is 1.44. The molecule has 0 aromatic heterocycles. The van der Waals surface area contributed by atoms with E-state index in [0.717, 1.165) is 0 Å². The van der Waals surface area contributed by atoms with E-state index in [2.05, 4.69) is 4.74 Å². The molecule has 0 bridgehead atoms. The summed E-state index contributed by atoms with van der Waals surface area (Å²) in [7, 11) is 3.25. The van der Waals surface area contributed by atoms with Crippen LogP contribution in [0.1, 0.15) is 13.8 Å². The average Bonchev–Trinajstić information content (AvgIpc) is 2.52. The summed E-state index contributed by atoms with van der Waals surface area (Å²) in [5, 5.41) is 26.2. The van der Waals surface area contributed by atoms with Crippen molar-refractivity contribution in [1.82, 2.24) is 0 Å². The van der Waals surface area contributed by atoms with Crippen LogP contribution in [0.3, 0.4) is 0 Å². The standard InChI is InChI=1S/C5H10O4.C2H6O.C2H6/c6-1-4-5(8)3(7)2-9-4;1-3-2;1-2/h3-8H,1-2H2;1-2H3;1-2H3. The molecule has 1 aliphatic heterocycles. The molecule has 1 saturated heterocycles. The van der Waals surface area contributed by atoms with Crippen LogP contribution in [-0.2, 0) is 9.47 Å². The van der Waals surface area contributed by atoms with Crippen molar-refractivity contribution in [2.75, 3.05) is 27.4 Å². The second kappa shape index (κ2) is 10.9. The van der Waals surface area contributed by atoms with E-state index < -0.39 is 18.3 Å². The van der Waals surface area contributed by atoms with Crippen molar-refractivity contribution in [1.29, 1.82) is 0 Å². The molecule has 3 unspecified atom stereocenters. The molecule has 5 nitrogen and oxygen atoms in total. The fraction of sp³-hybridized carbons (Fsp3) is 1.00. The van der Waals surface area contributed by atoms with Crippen LogP contribution in [0.2, 0.25) is 0 Å². The first-order valence-electron chi connectivity index (χ1n) is 4.66. The van der Waals surface area contributed by atoms with E-state index >= 15 is 0 Å². The molecule has 0 radical (unpaired) electrons. The van der Waals surface area contributed by atoms with Gasteiger partial charge in [0.2, 0.25) is 0 Å². The number of aliphatic hydroxyl groups excluding tert-OH is 3. The number of rotatable bonds is 1. The van der Waals surface area contributed by atoms with Gasteiger partial charge in [-0.2, -0.15) is 0 Å². The fourth-order valence-electron chi connectivity index (χ4n) is 0.828. The van der Waals surface area contributed by atoms with Crippen molar-refractivity contribution in [3.8, 4) is 0 Å². The zero-order valence-electron chi connectivity index (χ0n) is 9.30. The summed E-state index contributed by atoms with van der Waals surface area (Å²) < 4.78 is 9.03. The van der Waals surface area contributed by atoms with E-state index in [4.69, 9.17) is 20.1 Å². The lowest BCUT2D eigenvalue weighted by atomic mass is 10.2. The first-order valence-corrected chi connectivity index (χ1v) is 4.66. The van der Waals surface area contributed by atoms with Crippen LogP contribution in [0.4, 0.5) is 0 Å². The molecule has 3 N–H and O–H groups in total. The molecule has 0 aliphatic carbocycles. The predicted octanol–water partition coefficient (Wildman–Crippen LogP) is -0.612. The Labute approximate surface area is 85.3 Å². The first kappa shape index (κ1) is 16.2. The van der Waals surface area contributed by atoms with Crippen molar-refractivity contribution >= 4 is 0 Å². The van der Waals surface area contributed by atoms with Crippen molar-refractivity contribution in [3.05, 3.63) is 0 Å². The van der Waals surface area contributed by atoms with Crippen molar-refractivity contribution in [3.63, 3.8) is 0 Å². The quantitative estimate of drug-likeness (QED) is 0.538. The Balaban J connectivity index is 0. The maximum atomic E-state index is 8.92. The van der Waals surface area contributed by atoms with Crippen LogP contribution in [-0.4, -0.2) is 61.1 Å². The molecular formula is C9H22O5. The van der Waals surface area contributed by atoms with E-state index in [-0.39, 0.29) is 13.2 Å². The third-order valence-corrected chi connectivity index (χ3v) is 1.44. The summed E-state index contributed by atoms with van der Waals surface area (Å²) in [6.07, 6.45) is -2.35. The van der Waals surface area contributed by atoms with Gasteiger partial charge in [-0.3, -0.25) is 0 Å². The molecule has 88 valence electrons. The van der Waals surface area contributed by atoms with Gasteiger partial charge in [-0.15, -0.1) is 0 Å². The first-order chi connectivity index (χ1) is 6.67. The second-order valence-electron chi connectivity index (χ2n) is 2.52. The monoisotopic (exact) mass is 210 g/mol. The Kier molecular flexibility index (Phi) is 12.6. The molecule has 14 heavy (non-hydrogen) atoms. The minimum atomic E-state index is -0.921. The molecule has 0 spiro atoms. The Bertz CT molecular complexity index is 109. The van der Waals surface area contributed by atoms with Crippen LogP contribution in [0.15, 0.2) is 0 Å². The van der Waals surface area contributed by atoms with Gasteiger partial charge in [0.25, 0.3) is 0 Å². The number of ether oxygens (including phenoxy) is 2. The summed E-state index contributed by atoms with van der Waals surface area (Å²) in [5.74, 6) is 0. The van der Waals surface area contributed by atoms with Gasteiger partial charge in [0.15, 0.2) is 0 Å². The number of hydrogen-bond donors (Lipinski definition) is 3. The molecule has 0 saturated carbocycles. The molecule has 1 fully saturated rings. The number of aliphatic hydroxyl groups is 3. The highest BCUT2D eigenvalue weighted by Crippen LogP contribution is 2.12. The van der Waals surface area contributed by atoms with Crippen LogP contribution in [0, 0.1) is 0 Å². The Morgan fingerprint density at radius 1 is 1.29 bits per heavy atom. The van der Waals surface area contributed by atoms with Gasteiger partial charge in [0.1, 0.15) is 18.3 Å². The molecule has 0 amide bonds. The van der Waals surface area contributed by atoms with Gasteiger partial charge in [-0.25, -0.2) is 0 Å². The van der Waals surface area contributed by atoms with E-state index in [1.165, 1.54) is 0 Å². The Morgan fingerprint density at radius 3 is 1.86 bits per heavy atom. The lowest BCUT2D eigenvalue weighted by Gasteiger charge is -2.10. The summed E-state index contributed by atoms with van der Waals surface area (Å²) in [5.41, 5.74) is 0. The smallest absolute Gasteiger partial charge is 0.110 e. The molecule has 1 heterocycles. The molecule has 0 aromatic rings. The van der Waals surface area contributed by atoms with Gasteiger partial charge >= 0.3 is 0 Å². The van der Waals surface area contributed by atoms with E-state index in [1.807, 2.05) is 13.8 Å². The highest BCUT2D eigenvalue weighted by Gasteiger charge is 2.33. The van der Waals surface area contributed by atoms with Gasteiger partial charge in [0, 0.05) is 14.2 Å². The SMILES string of the molecule is CC.COC.OCC1OCC(O)C1O. The molecule has 1 rings (SSSR count). The summed E-state index contributed by atoms with van der Waals surface area (Å²) in [4.78, 5) is 0. The van der Waals surface area contributed by atoms with E-state index in [1.54, 1.807) is 14.2 Å². The molecule has 0 aromatic carbocycles. The highest BCUT2D eigenvalue weighted by molar-refractivity contribution is 4.81. The minimum Gasteiger partial charge on any atom is -0.394 e. The molecule has 3 atom stereocenters. The van der Waals surface area contributed by atoms with Crippen LogP contribution in [0.25, 0.3) is 0 Å². The van der Waals surface area contributed by atoms with Gasteiger partial charge < -0.3 is 24.8 Å². The van der Waals surface area contributed by atoms with E-state index in [0.29, 0.717) is 0 Å². The van der Waals surface area contributed by atoms with Crippen molar-refractivity contribution in [2.45, 2.75) is 32.2 Å². The highest BCUT2D eigenvalue weighted by atomic mass is 16.5. The second-order valence-corrected chi connectivity index (χ2v) is 2.52. The van der Waals surface area contributed by atoms with Crippen LogP contribution in [0.5, 0.6) is 0 Å². The summed E-state index contributed by atoms with van der Waals surface area (Å²) >= 11 is 0. The lowest BCUT2D eigenvalue weighted by molar-refractivity contribution is -0.00588.